The Labute approximate surface area is 143 Å². The summed E-state index contributed by atoms with van der Waals surface area (Å²) in [6.07, 6.45) is 0. The Hall–Kier alpha value is -0.700. The van der Waals surface area contributed by atoms with Crippen molar-refractivity contribution in [2.45, 2.75) is 51.6 Å². The van der Waals surface area contributed by atoms with Gasteiger partial charge in [0.1, 0.15) is 4.90 Å². The zero-order chi connectivity index (χ0) is 16.7. The molecular weight excluding hydrogens is 386 g/mol. The third kappa shape index (κ3) is 3.61. The van der Waals surface area contributed by atoms with Crippen LogP contribution in [0.2, 0.25) is 0 Å². The van der Waals surface area contributed by atoms with Gasteiger partial charge in [-0.05, 0) is 62.7 Å². The van der Waals surface area contributed by atoms with Crippen molar-refractivity contribution in [2.24, 2.45) is 0 Å². The zero-order valence-electron chi connectivity index (χ0n) is 13.3. The molecule has 122 valence electrons. The van der Waals surface area contributed by atoms with E-state index in [1.165, 1.54) is 11.3 Å². The van der Waals surface area contributed by atoms with Crippen LogP contribution < -0.4 is 4.72 Å². The Morgan fingerprint density at radius 2 is 1.95 bits per heavy atom. The third-order valence-electron chi connectivity index (χ3n) is 3.19. The highest BCUT2D eigenvalue weighted by atomic mass is 79.9. The number of aryl methyl sites for hydroxylation is 1. The van der Waals surface area contributed by atoms with Crippen LogP contribution in [0.25, 0.3) is 0 Å². The minimum Gasteiger partial charge on any atom is -0.263 e. The standard InChI is InChI=1S/C14H20BrN3O2S2/c1-9-13(10(2)18(17-9)14(3,4)5)22(19,20)16-8-11-6-7-12(15)21-11/h6-7,16H,8H2,1-5H3. The summed E-state index contributed by atoms with van der Waals surface area (Å²) in [5.74, 6) is 0. The summed E-state index contributed by atoms with van der Waals surface area (Å²) in [6.45, 7) is 9.80. The molecular formula is C14H20BrN3O2S2. The van der Waals surface area contributed by atoms with Gasteiger partial charge in [0, 0.05) is 11.4 Å². The normalized spacial score (nSPS) is 12.8. The van der Waals surface area contributed by atoms with Crippen molar-refractivity contribution in [3.63, 3.8) is 0 Å². The molecule has 2 rings (SSSR count). The SMILES string of the molecule is Cc1nn(C(C)(C)C)c(C)c1S(=O)(=O)NCc1ccc(Br)s1. The van der Waals surface area contributed by atoms with Crippen LogP contribution in [-0.2, 0) is 22.1 Å². The number of hydrogen-bond acceptors (Lipinski definition) is 4. The van der Waals surface area contributed by atoms with E-state index in [2.05, 4.69) is 25.8 Å². The van der Waals surface area contributed by atoms with Crippen LogP contribution in [0.1, 0.15) is 37.0 Å². The Morgan fingerprint density at radius 1 is 1.32 bits per heavy atom. The van der Waals surface area contributed by atoms with Crippen molar-refractivity contribution in [2.75, 3.05) is 0 Å². The van der Waals surface area contributed by atoms with Crippen molar-refractivity contribution in [3.8, 4) is 0 Å². The summed E-state index contributed by atoms with van der Waals surface area (Å²) in [4.78, 5) is 1.23. The maximum Gasteiger partial charge on any atom is 0.244 e. The largest absolute Gasteiger partial charge is 0.263 e. The van der Waals surface area contributed by atoms with E-state index < -0.39 is 10.0 Å². The van der Waals surface area contributed by atoms with E-state index in [0.29, 0.717) is 11.4 Å². The van der Waals surface area contributed by atoms with Gasteiger partial charge in [0.05, 0.1) is 20.7 Å². The zero-order valence-corrected chi connectivity index (χ0v) is 16.5. The van der Waals surface area contributed by atoms with Crippen molar-refractivity contribution in [1.82, 2.24) is 14.5 Å². The Bertz CT molecular complexity index is 786. The van der Waals surface area contributed by atoms with Gasteiger partial charge in [-0.3, -0.25) is 4.68 Å². The van der Waals surface area contributed by atoms with Gasteiger partial charge in [-0.2, -0.15) is 5.10 Å². The number of nitrogens with zero attached hydrogens (tertiary/aromatic N) is 2. The highest BCUT2D eigenvalue weighted by Gasteiger charge is 2.28. The first-order valence-corrected chi connectivity index (χ1v) is 9.92. The van der Waals surface area contributed by atoms with Crippen LogP contribution >= 0.6 is 27.3 Å². The molecule has 0 radical (unpaired) electrons. The van der Waals surface area contributed by atoms with Gasteiger partial charge in [-0.15, -0.1) is 11.3 Å². The second kappa shape index (κ2) is 6.07. The van der Waals surface area contributed by atoms with Gasteiger partial charge in [0.25, 0.3) is 0 Å². The average molecular weight is 406 g/mol. The molecule has 5 nitrogen and oxygen atoms in total. The molecule has 1 N–H and O–H groups in total. The first kappa shape index (κ1) is 17.7. The predicted molar refractivity (Wildman–Crippen MR) is 92.7 cm³/mol. The molecule has 2 aromatic heterocycles. The Kier molecular flexibility index (Phi) is 4.87. The molecule has 0 atom stereocenters. The Balaban J connectivity index is 2.32. The summed E-state index contributed by atoms with van der Waals surface area (Å²) in [6, 6.07) is 3.80. The lowest BCUT2D eigenvalue weighted by Gasteiger charge is -2.21. The van der Waals surface area contributed by atoms with E-state index in [1.807, 2.05) is 32.9 Å². The van der Waals surface area contributed by atoms with Gasteiger partial charge >= 0.3 is 0 Å². The van der Waals surface area contributed by atoms with E-state index in [-0.39, 0.29) is 17.0 Å². The number of nitrogens with one attached hydrogen (secondary N) is 1. The van der Waals surface area contributed by atoms with Crippen LogP contribution in [0.4, 0.5) is 0 Å². The molecule has 0 bridgehead atoms. The summed E-state index contributed by atoms with van der Waals surface area (Å²) in [5, 5.41) is 4.40. The molecule has 0 saturated heterocycles. The van der Waals surface area contributed by atoms with Gasteiger partial charge in [-0.25, -0.2) is 13.1 Å². The molecule has 0 spiro atoms. The van der Waals surface area contributed by atoms with Gasteiger partial charge < -0.3 is 0 Å². The van der Waals surface area contributed by atoms with Crippen molar-refractivity contribution in [1.29, 1.82) is 0 Å². The molecule has 0 aromatic carbocycles. The fraction of sp³-hybridized carbons (Fsp3) is 0.500. The Morgan fingerprint density at radius 3 is 2.41 bits per heavy atom. The van der Waals surface area contributed by atoms with Gasteiger partial charge in [0.2, 0.25) is 10.0 Å². The first-order chi connectivity index (χ1) is 10.0. The van der Waals surface area contributed by atoms with E-state index in [1.54, 1.807) is 18.5 Å². The van der Waals surface area contributed by atoms with E-state index in [0.717, 1.165) is 8.66 Å². The molecule has 0 aliphatic rings. The molecule has 0 saturated carbocycles. The van der Waals surface area contributed by atoms with Crippen LogP contribution in [0, 0.1) is 13.8 Å². The minimum atomic E-state index is -3.59. The smallest absolute Gasteiger partial charge is 0.244 e. The van der Waals surface area contributed by atoms with Crippen molar-refractivity contribution >= 4 is 37.3 Å². The predicted octanol–water partition coefficient (Wildman–Crippen LogP) is 3.56. The molecule has 0 amide bonds. The highest BCUT2D eigenvalue weighted by Crippen LogP contribution is 2.26. The highest BCUT2D eigenvalue weighted by molar-refractivity contribution is 9.11. The molecule has 0 fully saturated rings. The second-order valence-corrected chi connectivity index (χ2v) is 10.4. The second-order valence-electron chi connectivity index (χ2n) is 6.11. The quantitative estimate of drug-likeness (QED) is 0.845. The number of aromatic nitrogens is 2. The molecule has 8 heteroatoms. The topological polar surface area (TPSA) is 64.0 Å². The maximum absolute atomic E-state index is 12.6. The van der Waals surface area contributed by atoms with Crippen molar-refractivity contribution < 1.29 is 8.42 Å². The summed E-state index contributed by atoms with van der Waals surface area (Å²) < 4.78 is 30.6. The number of halogens is 1. The number of hydrogen-bond donors (Lipinski definition) is 1. The lowest BCUT2D eigenvalue weighted by Crippen LogP contribution is -2.26. The molecule has 2 aromatic rings. The van der Waals surface area contributed by atoms with E-state index in [9.17, 15) is 8.42 Å². The average Bonchev–Trinajstić information content (AvgIpc) is 2.90. The van der Waals surface area contributed by atoms with Crippen LogP contribution in [-0.4, -0.2) is 18.2 Å². The van der Waals surface area contributed by atoms with Crippen LogP contribution in [0.5, 0.6) is 0 Å². The van der Waals surface area contributed by atoms with Crippen molar-refractivity contribution in [3.05, 3.63) is 32.2 Å². The third-order valence-corrected chi connectivity index (χ3v) is 6.47. The lowest BCUT2D eigenvalue weighted by atomic mass is 10.1. The van der Waals surface area contributed by atoms with E-state index in [4.69, 9.17) is 0 Å². The van der Waals surface area contributed by atoms with E-state index >= 15 is 0 Å². The summed E-state index contributed by atoms with van der Waals surface area (Å²) >= 11 is 4.88. The van der Waals surface area contributed by atoms with Crippen LogP contribution in [0.3, 0.4) is 0 Å². The molecule has 22 heavy (non-hydrogen) atoms. The number of sulfonamides is 1. The van der Waals surface area contributed by atoms with Crippen LogP contribution in [0.15, 0.2) is 20.8 Å². The molecule has 0 aliphatic heterocycles. The minimum absolute atomic E-state index is 0.263. The first-order valence-electron chi connectivity index (χ1n) is 6.83. The summed E-state index contributed by atoms with van der Waals surface area (Å²) in [5.41, 5.74) is 0.915. The monoisotopic (exact) mass is 405 g/mol. The number of thiophene rings is 1. The lowest BCUT2D eigenvalue weighted by molar-refractivity contribution is 0.345. The molecule has 0 aliphatic carbocycles. The molecule has 2 heterocycles. The fourth-order valence-electron chi connectivity index (χ4n) is 2.36. The summed E-state index contributed by atoms with van der Waals surface area (Å²) in [7, 11) is -3.59. The van der Waals surface area contributed by atoms with Gasteiger partial charge in [-0.1, -0.05) is 0 Å². The molecule has 0 unspecified atom stereocenters. The number of rotatable bonds is 4. The fourth-order valence-corrected chi connectivity index (χ4v) is 5.26. The maximum atomic E-state index is 12.6. The van der Waals surface area contributed by atoms with Gasteiger partial charge in [0.15, 0.2) is 0 Å².